The fourth-order valence-corrected chi connectivity index (χ4v) is 7.14. The highest BCUT2D eigenvalue weighted by Gasteiger charge is 2.38. The molecular weight excluding hydrogens is 568 g/mol. The molecule has 2 aromatic heterocycles. The molecule has 2 aromatic carbocycles. The molecule has 0 bridgehead atoms. The van der Waals surface area contributed by atoms with Gasteiger partial charge in [-0.2, -0.15) is 8.42 Å². The topological polar surface area (TPSA) is 161 Å². The molecule has 1 saturated carbocycles. The van der Waals surface area contributed by atoms with Crippen molar-refractivity contribution in [3.8, 4) is 5.75 Å². The van der Waals surface area contributed by atoms with Crippen molar-refractivity contribution in [1.29, 1.82) is 0 Å². The maximum absolute atomic E-state index is 13.3. The summed E-state index contributed by atoms with van der Waals surface area (Å²) >= 11 is 0. The lowest BCUT2D eigenvalue weighted by Gasteiger charge is -2.21. The van der Waals surface area contributed by atoms with Crippen LogP contribution in [-0.2, 0) is 27.1 Å². The van der Waals surface area contributed by atoms with Crippen LogP contribution in [0.1, 0.15) is 55.0 Å². The number of aromatic hydroxyl groups is 1. The molecule has 3 N–H and O–H groups in total. The standard InChI is InChI=1S/C28H30N4O7S2/c1-3-22(31-40(35,36)21-10-5-4-6-11-21)24-15-23(33)27(28(34)39-24)26(18-12-13-18)19-8-7-9-20(14-19)30-41(37,38)25-16-32(2)17-29-25/h4-11,14-18,22,26,30-31,33H,3,12-13H2,1-2H3. The molecule has 0 spiro atoms. The first kappa shape index (κ1) is 28.6. The van der Waals surface area contributed by atoms with Crippen LogP contribution in [0.25, 0.3) is 0 Å². The lowest BCUT2D eigenvalue weighted by atomic mass is 9.87. The van der Waals surface area contributed by atoms with Crippen LogP contribution in [0.3, 0.4) is 0 Å². The SMILES string of the molecule is CCC(NS(=O)(=O)c1ccccc1)c1cc(O)c(C(c2cccc(NS(=O)(=O)c3cn(C)cn3)c2)C2CC2)c(=O)o1. The number of aromatic nitrogens is 2. The minimum Gasteiger partial charge on any atom is -0.507 e. The highest BCUT2D eigenvalue weighted by atomic mass is 32.2. The summed E-state index contributed by atoms with van der Waals surface area (Å²) in [5.41, 5.74) is 0.164. The number of imidazole rings is 1. The van der Waals surface area contributed by atoms with E-state index in [4.69, 9.17) is 4.42 Å². The molecular formula is C28H30N4O7S2. The molecule has 11 nitrogen and oxygen atoms in total. The second kappa shape index (κ2) is 11.1. The Balaban J connectivity index is 1.45. The highest BCUT2D eigenvalue weighted by Crippen LogP contribution is 2.48. The molecule has 1 fully saturated rings. The largest absolute Gasteiger partial charge is 0.507 e. The Labute approximate surface area is 238 Å². The van der Waals surface area contributed by atoms with Gasteiger partial charge in [0.2, 0.25) is 10.0 Å². The highest BCUT2D eigenvalue weighted by molar-refractivity contribution is 7.92. The summed E-state index contributed by atoms with van der Waals surface area (Å²) in [5, 5.41) is 11.0. The van der Waals surface area contributed by atoms with Crippen LogP contribution in [0.5, 0.6) is 5.75 Å². The number of benzene rings is 2. The predicted octanol–water partition coefficient (Wildman–Crippen LogP) is 3.85. The number of rotatable bonds is 11. The summed E-state index contributed by atoms with van der Waals surface area (Å²) in [5.74, 6) is -0.841. The number of aryl methyl sites for hydroxylation is 1. The number of hydrogen-bond acceptors (Lipinski definition) is 8. The Morgan fingerprint density at radius 2 is 1.78 bits per heavy atom. The van der Waals surface area contributed by atoms with Crippen molar-refractivity contribution in [2.75, 3.05) is 4.72 Å². The van der Waals surface area contributed by atoms with Gasteiger partial charge in [-0.1, -0.05) is 37.3 Å². The molecule has 5 rings (SSSR count). The molecule has 216 valence electrons. The maximum Gasteiger partial charge on any atom is 0.343 e. The molecule has 0 radical (unpaired) electrons. The van der Waals surface area contributed by atoms with E-state index in [1.807, 2.05) is 0 Å². The van der Waals surface area contributed by atoms with Crippen molar-refractivity contribution in [3.63, 3.8) is 0 Å². The van der Waals surface area contributed by atoms with Gasteiger partial charge in [0.05, 0.1) is 22.8 Å². The predicted molar refractivity (Wildman–Crippen MR) is 151 cm³/mol. The molecule has 2 atom stereocenters. The van der Waals surface area contributed by atoms with E-state index >= 15 is 0 Å². The maximum atomic E-state index is 13.3. The first-order valence-electron chi connectivity index (χ1n) is 13.0. The molecule has 2 unspecified atom stereocenters. The Kier molecular flexibility index (Phi) is 7.77. The van der Waals surface area contributed by atoms with E-state index in [0.29, 0.717) is 5.56 Å². The van der Waals surface area contributed by atoms with Crippen molar-refractivity contribution < 1.29 is 26.4 Å². The quantitative estimate of drug-likeness (QED) is 0.235. The van der Waals surface area contributed by atoms with Crippen LogP contribution in [0.4, 0.5) is 5.69 Å². The zero-order valence-electron chi connectivity index (χ0n) is 22.4. The van der Waals surface area contributed by atoms with E-state index in [0.717, 1.165) is 12.8 Å². The number of anilines is 1. The van der Waals surface area contributed by atoms with Gasteiger partial charge in [-0.25, -0.2) is 22.9 Å². The van der Waals surface area contributed by atoms with Gasteiger partial charge in [-0.15, -0.1) is 0 Å². The molecule has 1 aliphatic carbocycles. The summed E-state index contributed by atoms with van der Waals surface area (Å²) in [7, 11) is -6.19. The Morgan fingerprint density at radius 3 is 2.39 bits per heavy atom. The normalized spacial score (nSPS) is 15.4. The fourth-order valence-electron chi connectivity index (χ4n) is 4.80. The molecule has 0 amide bonds. The minimum atomic E-state index is -3.94. The van der Waals surface area contributed by atoms with E-state index in [9.17, 15) is 26.7 Å². The fraction of sp³-hybridized carbons (Fsp3) is 0.286. The van der Waals surface area contributed by atoms with Crippen molar-refractivity contribution in [3.05, 3.63) is 100 Å². The van der Waals surface area contributed by atoms with Gasteiger partial charge >= 0.3 is 5.63 Å². The zero-order valence-corrected chi connectivity index (χ0v) is 24.0. The second-order valence-corrected chi connectivity index (χ2v) is 13.4. The lowest BCUT2D eigenvalue weighted by Crippen LogP contribution is -2.29. The smallest absolute Gasteiger partial charge is 0.343 e. The van der Waals surface area contributed by atoms with E-state index < -0.39 is 37.6 Å². The minimum absolute atomic E-state index is 0.00956. The van der Waals surface area contributed by atoms with Gasteiger partial charge in [0.25, 0.3) is 10.0 Å². The van der Waals surface area contributed by atoms with Crippen LogP contribution >= 0.6 is 0 Å². The van der Waals surface area contributed by atoms with Gasteiger partial charge in [0, 0.05) is 30.9 Å². The van der Waals surface area contributed by atoms with Gasteiger partial charge in [0.1, 0.15) is 11.5 Å². The van der Waals surface area contributed by atoms with E-state index in [1.165, 1.54) is 35.3 Å². The van der Waals surface area contributed by atoms with Gasteiger partial charge < -0.3 is 14.1 Å². The third kappa shape index (κ3) is 6.21. The van der Waals surface area contributed by atoms with E-state index in [-0.39, 0.29) is 45.0 Å². The number of hydrogen-bond donors (Lipinski definition) is 3. The van der Waals surface area contributed by atoms with Crippen LogP contribution in [0.15, 0.2) is 92.3 Å². The molecule has 13 heteroatoms. The second-order valence-electron chi connectivity index (χ2n) is 10.1. The van der Waals surface area contributed by atoms with Crippen LogP contribution in [0, 0.1) is 5.92 Å². The molecule has 0 aliphatic heterocycles. The zero-order chi connectivity index (χ0) is 29.4. The summed E-state index contributed by atoms with van der Waals surface area (Å²) < 4.78 is 63.6. The third-order valence-electron chi connectivity index (χ3n) is 6.95. The number of sulfonamides is 2. The number of nitrogens with zero attached hydrogens (tertiary/aromatic N) is 2. The number of nitrogens with one attached hydrogen (secondary N) is 2. The molecule has 1 aliphatic rings. The Morgan fingerprint density at radius 1 is 1.05 bits per heavy atom. The van der Waals surface area contributed by atoms with Gasteiger partial charge in [0.15, 0.2) is 5.03 Å². The third-order valence-corrected chi connectivity index (χ3v) is 9.70. The summed E-state index contributed by atoms with van der Waals surface area (Å²) in [6.07, 6.45) is 4.65. The Hall–Kier alpha value is -3.94. The Bertz CT molecular complexity index is 1830. The van der Waals surface area contributed by atoms with Gasteiger partial charge in [-0.05, 0) is 55.0 Å². The average Bonchev–Trinajstić information content (AvgIpc) is 3.67. The first-order chi connectivity index (χ1) is 19.5. The monoisotopic (exact) mass is 598 g/mol. The lowest BCUT2D eigenvalue weighted by molar-refractivity contribution is 0.373. The van der Waals surface area contributed by atoms with Crippen molar-refractivity contribution >= 4 is 25.7 Å². The van der Waals surface area contributed by atoms with Crippen molar-refractivity contribution in [2.24, 2.45) is 13.0 Å². The van der Waals surface area contributed by atoms with E-state index in [1.54, 1.807) is 56.4 Å². The van der Waals surface area contributed by atoms with Crippen LogP contribution < -0.4 is 15.1 Å². The van der Waals surface area contributed by atoms with Crippen LogP contribution in [-0.4, -0.2) is 31.5 Å². The molecule has 0 saturated heterocycles. The molecule has 4 aromatic rings. The molecule has 41 heavy (non-hydrogen) atoms. The van der Waals surface area contributed by atoms with E-state index in [2.05, 4.69) is 14.4 Å². The average molecular weight is 599 g/mol. The van der Waals surface area contributed by atoms with Crippen molar-refractivity contribution in [1.82, 2.24) is 14.3 Å². The van der Waals surface area contributed by atoms with Crippen LogP contribution in [0.2, 0.25) is 0 Å². The first-order valence-corrected chi connectivity index (χ1v) is 16.0. The summed E-state index contributed by atoms with van der Waals surface area (Å²) in [6, 6.07) is 14.8. The summed E-state index contributed by atoms with van der Waals surface area (Å²) in [6.45, 7) is 1.73. The summed E-state index contributed by atoms with van der Waals surface area (Å²) in [4.78, 5) is 17.3. The van der Waals surface area contributed by atoms with Gasteiger partial charge in [-0.3, -0.25) is 4.72 Å². The molecule has 2 heterocycles. The van der Waals surface area contributed by atoms with Crippen molar-refractivity contribution in [2.45, 2.75) is 48.1 Å².